The predicted molar refractivity (Wildman–Crippen MR) is 145 cm³/mol. The summed E-state index contributed by atoms with van der Waals surface area (Å²) in [4.78, 5) is 30.6. The zero-order valence-electron chi connectivity index (χ0n) is 20.4. The van der Waals surface area contributed by atoms with Gasteiger partial charge in [0.15, 0.2) is 12.4 Å². The number of esters is 1. The lowest BCUT2D eigenvalue weighted by Crippen LogP contribution is -2.15. The Morgan fingerprint density at radius 1 is 0.730 bits per heavy atom. The lowest BCUT2D eigenvalue weighted by Gasteiger charge is -2.11. The number of para-hydroxylation sites is 1. The molecule has 0 amide bonds. The van der Waals surface area contributed by atoms with Crippen molar-refractivity contribution in [2.75, 3.05) is 13.2 Å². The molecule has 0 saturated heterocycles. The summed E-state index contributed by atoms with van der Waals surface area (Å²) in [5.74, 6) is -0.0694. The second-order valence-electron chi connectivity index (χ2n) is 8.47. The minimum absolute atomic E-state index is 0.266. The molecule has 0 fully saturated rings. The second kappa shape index (κ2) is 10.9. The summed E-state index contributed by atoms with van der Waals surface area (Å²) in [5.41, 5.74) is 5.09. The Hall–Kier alpha value is -4.77. The standard InChI is InChI=1S/C32H25NO4/c1-2-36-26-18-16-24(17-19-26)30-20-28(27-10-6-7-11-29(27)33-30)32(35)37-21-31(34)25-14-12-23(13-15-25)22-8-4-3-5-9-22/h3-20H,2,21H2,1H3. The molecular weight excluding hydrogens is 462 g/mol. The number of fused-ring (bicyclic) bond motifs is 1. The molecule has 0 spiro atoms. The third-order valence-corrected chi connectivity index (χ3v) is 6.05. The Morgan fingerprint density at radius 2 is 1.38 bits per heavy atom. The fourth-order valence-corrected chi connectivity index (χ4v) is 4.15. The maximum Gasteiger partial charge on any atom is 0.339 e. The fraction of sp³-hybridized carbons (Fsp3) is 0.0938. The van der Waals surface area contributed by atoms with Crippen LogP contribution in [0.5, 0.6) is 5.75 Å². The van der Waals surface area contributed by atoms with Crippen molar-refractivity contribution < 1.29 is 19.1 Å². The van der Waals surface area contributed by atoms with Crippen LogP contribution in [0.4, 0.5) is 0 Å². The van der Waals surface area contributed by atoms with E-state index in [4.69, 9.17) is 14.5 Å². The Labute approximate surface area is 215 Å². The first-order chi connectivity index (χ1) is 18.1. The molecule has 0 bridgehead atoms. The minimum atomic E-state index is -0.569. The Morgan fingerprint density at radius 3 is 2.11 bits per heavy atom. The van der Waals surface area contributed by atoms with E-state index in [2.05, 4.69) is 0 Å². The Kier molecular flexibility index (Phi) is 7.04. The van der Waals surface area contributed by atoms with Gasteiger partial charge in [-0.15, -0.1) is 0 Å². The van der Waals surface area contributed by atoms with Crippen LogP contribution in [-0.2, 0) is 4.74 Å². The SMILES string of the molecule is CCOc1ccc(-c2cc(C(=O)OCC(=O)c3ccc(-c4ccccc4)cc3)c3ccccc3n2)cc1. The Bertz CT molecular complexity index is 1540. The van der Waals surface area contributed by atoms with Crippen LogP contribution in [0.15, 0.2) is 109 Å². The molecule has 5 aromatic rings. The van der Waals surface area contributed by atoms with Gasteiger partial charge in [0, 0.05) is 16.5 Å². The summed E-state index contributed by atoms with van der Waals surface area (Å²) < 4.78 is 11.0. The number of pyridine rings is 1. The predicted octanol–water partition coefficient (Wildman–Crippen LogP) is 7.01. The van der Waals surface area contributed by atoms with Crippen LogP contribution in [0.3, 0.4) is 0 Å². The average molecular weight is 488 g/mol. The van der Waals surface area contributed by atoms with Crippen LogP contribution in [0, 0.1) is 0 Å². The number of nitrogens with zero attached hydrogens (tertiary/aromatic N) is 1. The van der Waals surface area contributed by atoms with Crippen molar-refractivity contribution in [3.8, 4) is 28.1 Å². The lowest BCUT2D eigenvalue weighted by atomic mass is 10.0. The summed E-state index contributed by atoms with van der Waals surface area (Å²) in [7, 11) is 0. The zero-order valence-corrected chi connectivity index (χ0v) is 20.4. The van der Waals surface area contributed by atoms with Crippen LogP contribution in [0.2, 0.25) is 0 Å². The van der Waals surface area contributed by atoms with Gasteiger partial charge >= 0.3 is 5.97 Å². The highest BCUT2D eigenvalue weighted by atomic mass is 16.5. The van der Waals surface area contributed by atoms with Crippen molar-refractivity contribution in [1.82, 2.24) is 4.98 Å². The smallest absolute Gasteiger partial charge is 0.339 e. The van der Waals surface area contributed by atoms with Gasteiger partial charge in [0.2, 0.25) is 0 Å². The summed E-state index contributed by atoms with van der Waals surface area (Å²) in [5, 5.41) is 0.668. The quantitative estimate of drug-likeness (QED) is 0.174. The molecule has 0 unspecified atom stereocenters. The van der Waals surface area contributed by atoms with Gasteiger partial charge < -0.3 is 9.47 Å². The van der Waals surface area contributed by atoms with E-state index in [1.54, 1.807) is 18.2 Å². The molecule has 5 heteroatoms. The van der Waals surface area contributed by atoms with Crippen molar-refractivity contribution in [2.45, 2.75) is 6.92 Å². The summed E-state index contributed by atoms with van der Waals surface area (Å²) in [6.45, 7) is 2.17. The molecule has 4 aromatic carbocycles. The highest BCUT2D eigenvalue weighted by Gasteiger charge is 2.17. The lowest BCUT2D eigenvalue weighted by molar-refractivity contribution is 0.0476. The summed E-state index contributed by atoms with van der Waals surface area (Å²) in [6, 6.07) is 33.9. The van der Waals surface area contributed by atoms with E-state index in [1.165, 1.54) is 0 Å². The van der Waals surface area contributed by atoms with Crippen LogP contribution >= 0.6 is 0 Å². The van der Waals surface area contributed by atoms with E-state index in [1.807, 2.05) is 97.9 Å². The van der Waals surface area contributed by atoms with Crippen LogP contribution < -0.4 is 4.74 Å². The topological polar surface area (TPSA) is 65.5 Å². The van der Waals surface area contributed by atoms with Crippen molar-refractivity contribution in [1.29, 1.82) is 0 Å². The summed E-state index contributed by atoms with van der Waals surface area (Å²) >= 11 is 0. The number of carbonyl (C=O) groups excluding carboxylic acids is 2. The van der Waals surface area contributed by atoms with Gasteiger partial charge in [-0.1, -0.05) is 72.8 Å². The van der Waals surface area contributed by atoms with Gasteiger partial charge in [0.1, 0.15) is 5.75 Å². The van der Waals surface area contributed by atoms with E-state index in [0.29, 0.717) is 34.3 Å². The zero-order chi connectivity index (χ0) is 25.6. The maximum atomic E-state index is 13.1. The minimum Gasteiger partial charge on any atom is -0.494 e. The normalized spacial score (nSPS) is 10.7. The molecule has 1 heterocycles. The highest BCUT2D eigenvalue weighted by molar-refractivity contribution is 6.06. The number of hydrogen-bond donors (Lipinski definition) is 0. The average Bonchev–Trinajstić information content (AvgIpc) is 2.96. The number of benzene rings is 4. The van der Waals surface area contributed by atoms with Crippen LogP contribution in [0.25, 0.3) is 33.3 Å². The molecule has 0 aliphatic heterocycles. The second-order valence-corrected chi connectivity index (χ2v) is 8.47. The van der Waals surface area contributed by atoms with Gasteiger partial charge in [-0.2, -0.15) is 0 Å². The Balaban J connectivity index is 1.35. The van der Waals surface area contributed by atoms with Crippen molar-refractivity contribution in [2.24, 2.45) is 0 Å². The molecule has 37 heavy (non-hydrogen) atoms. The van der Waals surface area contributed by atoms with Crippen molar-refractivity contribution in [3.05, 3.63) is 120 Å². The number of carbonyl (C=O) groups is 2. The molecule has 0 N–H and O–H groups in total. The molecule has 182 valence electrons. The molecular formula is C32H25NO4. The third kappa shape index (κ3) is 5.41. The fourth-order valence-electron chi connectivity index (χ4n) is 4.15. The van der Waals surface area contributed by atoms with Crippen LogP contribution in [-0.4, -0.2) is 30.0 Å². The van der Waals surface area contributed by atoms with E-state index < -0.39 is 5.97 Å². The highest BCUT2D eigenvalue weighted by Crippen LogP contribution is 2.27. The van der Waals surface area contributed by atoms with Crippen molar-refractivity contribution in [3.63, 3.8) is 0 Å². The van der Waals surface area contributed by atoms with E-state index in [-0.39, 0.29) is 12.4 Å². The molecule has 0 aliphatic rings. The molecule has 1 aromatic heterocycles. The van der Waals surface area contributed by atoms with Gasteiger partial charge in [-0.3, -0.25) is 4.79 Å². The molecule has 0 atom stereocenters. The van der Waals surface area contributed by atoms with E-state index >= 15 is 0 Å². The number of Topliss-reactive ketones (excluding diaryl/α,β-unsaturated/α-hetero) is 1. The van der Waals surface area contributed by atoms with Gasteiger partial charge in [-0.25, -0.2) is 9.78 Å². The largest absolute Gasteiger partial charge is 0.494 e. The van der Waals surface area contributed by atoms with Crippen LogP contribution in [0.1, 0.15) is 27.6 Å². The van der Waals surface area contributed by atoms with Gasteiger partial charge in [0.25, 0.3) is 0 Å². The number of aromatic nitrogens is 1. The molecule has 5 nitrogen and oxygen atoms in total. The number of ketones is 1. The van der Waals surface area contributed by atoms with Crippen molar-refractivity contribution >= 4 is 22.7 Å². The third-order valence-electron chi connectivity index (χ3n) is 6.05. The monoisotopic (exact) mass is 487 g/mol. The summed E-state index contributed by atoms with van der Waals surface area (Å²) in [6.07, 6.45) is 0. The maximum absolute atomic E-state index is 13.1. The van der Waals surface area contributed by atoms with Gasteiger partial charge in [0.05, 0.1) is 23.4 Å². The number of hydrogen-bond acceptors (Lipinski definition) is 5. The molecule has 0 saturated carbocycles. The van der Waals surface area contributed by atoms with E-state index in [0.717, 1.165) is 22.4 Å². The number of ether oxygens (including phenoxy) is 2. The first-order valence-electron chi connectivity index (χ1n) is 12.1. The first kappa shape index (κ1) is 23.9. The molecule has 0 radical (unpaired) electrons. The first-order valence-corrected chi connectivity index (χ1v) is 12.1. The molecule has 0 aliphatic carbocycles. The molecule has 5 rings (SSSR count). The van der Waals surface area contributed by atoms with Gasteiger partial charge in [-0.05, 0) is 54.4 Å². The van der Waals surface area contributed by atoms with E-state index in [9.17, 15) is 9.59 Å². The number of rotatable bonds is 8.